The lowest BCUT2D eigenvalue weighted by molar-refractivity contribution is -0.132. The molecule has 0 saturated carbocycles. The van der Waals surface area contributed by atoms with E-state index in [0.29, 0.717) is 25.5 Å². The molecule has 0 radical (unpaired) electrons. The maximum Gasteiger partial charge on any atom is 0.222 e. The van der Waals surface area contributed by atoms with Crippen LogP contribution in [0.25, 0.3) is 0 Å². The Morgan fingerprint density at radius 2 is 2.10 bits per heavy atom. The molecule has 1 fully saturated rings. The highest BCUT2D eigenvalue weighted by molar-refractivity contribution is 5.76. The Balaban J connectivity index is 2.29. The van der Waals surface area contributed by atoms with Crippen LogP contribution >= 0.6 is 0 Å². The number of nitrogens with one attached hydrogen (secondary N) is 1. The molecule has 5 heteroatoms. The van der Waals surface area contributed by atoms with Gasteiger partial charge in [-0.25, -0.2) is 0 Å². The van der Waals surface area contributed by atoms with Crippen LogP contribution in [0.3, 0.4) is 0 Å². The molecule has 5 nitrogen and oxygen atoms in total. The van der Waals surface area contributed by atoms with Gasteiger partial charge >= 0.3 is 0 Å². The van der Waals surface area contributed by atoms with Crippen molar-refractivity contribution in [2.75, 3.05) is 60.5 Å². The van der Waals surface area contributed by atoms with Gasteiger partial charge in [-0.3, -0.25) is 4.79 Å². The van der Waals surface area contributed by atoms with Gasteiger partial charge in [0.05, 0.1) is 6.61 Å². The van der Waals surface area contributed by atoms with Crippen molar-refractivity contribution in [2.45, 2.75) is 25.7 Å². The molecule has 1 saturated heterocycles. The Morgan fingerprint density at radius 3 is 2.70 bits per heavy atom. The van der Waals surface area contributed by atoms with Gasteiger partial charge in [-0.05, 0) is 58.9 Å². The van der Waals surface area contributed by atoms with Crippen molar-refractivity contribution >= 4 is 5.91 Å². The normalized spacial score (nSPS) is 18.7. The van der Waals surface area contributed by atoms with Crippen molar-refractivity contribution in [1.29, 1.82) is 0 Å². The third-order valence-corrected chi connectivity index (χ3v) is 3.88. The van der Waals surface area contributed by atoms with E-state index in [-0.39, 0.29) is 5.91 Å². The highest BCUT2D eigenvalue weighted by Crippen LogP contribution is 2.15. The van der Waals surface area contributed by atoms with Gasteiger partial charge in [0.1, 0.15) is 0 Å². The molecule has 1 unspecified atom stereocenters. The molecule has 118 valence electrons. The highest BCUT2D eigenvalue weighted by atomic mass is 16.5. The molecule has 1 aliphatic rings. The summed E-state index contributed by atoms with van der Waals surface area (Å²) in [5.74, 6) is 0.970. The predicted molar refractivity (Wildman–Crippen MR) is 81.8 cm³/mol. The van der Waals surface area contributed by atoms with E-state index in [0.717, 1.165) is 39.0 Å². The van der Waals surface area contributed by atoms with E-state index in [1.807, 2.05) is 4.90 Å². The molecule has 0 aromatic carbocycles. The number of hydrogen-bond donors (Lipinski definition) is 1. The van der Waals surface area contributed by atoms with Gasteiger partial charge < -0.3 is 19.9 Å². The summed E-state index contributed by atoms with van der Waals surface area (Å²) in [5, 5.41) is 3.36. The van der Waals surface area contributed by atoms with E-state index in [9.17, 15) is 4.79 Å². The van der Waals surface area contributed by atoms with Gasteiger partial charge in [0.25, 0.3) is 0 Å². The standard InChI is InChI=1S/C15H31N3O2/c1-17(2)9-4-10-18(11-12-20-3)15(19)6-5-14-7-8-16-13-14/h14,16H,4-13H2,1-3H3. The molecule has 0 aromatic rings. The second-order valence-electron chi connectivity index (χ2n) is 5.93. The van der Waals surface area contributed by atoms with Crippen LogP contribution < -0.4 is 5.32 Å². The first-order valence-corrected chi connectivity index (χ1v) is 7.75. The molecule has 0 spiro atoms. The van der Waals surface area contributed by atoms with Gasteiger partial charge in [0, 0.05) is 26.6 Å². The Kier molecular flexibility index (Phi) is 8.82. The second kappa shape index (κ2) is 10.1. The molecule has 1 N–H and O–H groups in total. The molecule has 1 aliphatic heterocycles. The quantitative estimate of drug-likeness (QED) is 0.645. The number of nitrogens with zero attached hydrogens (tertiary/aromatic N) is 2. The van der Waals surface area contributed by atoms with Crippen LogP contribution in [0, 0.1) is 5.92 Å². The van der Waals surface area contributed by atoms with Crippen molar-refractivity contribution in [1.82, 2.24) is 15.1 Å². The minimum atomic E-state index is 0.285. The van der Waals surface area contributed by atoms with Crippen LogP contribution in [0.1, 0.15) is 25.7 Å². The molecule has 0 aliphatic carbocycles. The van der Waals surface area contributed by atoms with Gasteiger partial charge in [-0.15, -0.1) is 0 Å². The topological polar surface area (TPSA) is 44.8 Å². The zero-order valence-corrected chi connectivity index (χ0v) is 13.4. The first-order valence-electron chi connectivity index (χ1n) is 7.75. The summed E-state index contributed by atoms with van der Waals surface area (Å²) in [4.78, 5) is 16.4. The number of hydrogen-bond acceptors (Lipinski definition) is 4. The average Bonchev–Trinajstić information content (AvgIpc) is 2.92. The number of rotatable bonds is 10. The lowest BCUT2D eigenvalue weighted by atomic mass is 10.0. The summed E-state index contributed by atoms with van der Waals surface area (Å²) in [6, 6.07) is 0. The zero-order valence-electron chi connectivity index (χ0n) is 13.4. The summed E-state index contributed by atoms with van der Waals surface area (Å²) in [5.41, 5.74) is 0. The zero-order chi connectivity index (χ0) is 14.8. The monoisotopic (exact) mass is 285 g/mol. The van der Waals surface area contributed by atoms with E-state index in [4.69, 9.17) is 4.74 Å². The maximum atomic E-state index is 12.3. The Bertz CT molecular complexity index is 266. The maximum absolute atomic E-state index is 12.3. The summed E-state index contributed by atoms with van der Waals surface area (Å²) in [7, 11) is 5.81. The van der Waals surface area contributed by atoms with E-state index < -0.39 is 0 Å². The van der Waals surface area contributed by atoms with Crippen LogP contribution in [-0.2, 0) is 9.53 Å². The third-order valence-electron chi connectivity index (χ3n) is 3.88. The molecule has 1 rings (SSSR count). The average molecular weight is 285 g/mol. The first-order chi connectivity index (χ1) is 9.63. The van der Waals surface area contributed by atoms with Crippen LogP contribution in [0.5, 0.6) is 0 Å². The molecule has 1 atom stereocenters. The molecule has 1 heterocycles. The molecule has 20 heavy (non-hydrogen) atoms. The summed E-state index contributed by atoms with van der Waals surface area (Å²) < 4.78 is 5.11. The van der Waals surface area contributed by atoms with Gasteiger partial charge in [0.15, 0.2) is 0 Å². The number of carbonyl (C=O) groups is 1. The summed E-state index contributed by atoms with van der Waals surface area (Å²) in [6.45, 7) is 5.37. The first kappa shape index (κ1) is 17.4. The van der Waals surface area contributed by atoms with Crippen LogP contribution in [0.4, 0.5) is 0 Å². The molecular weight excluding hydrogens is 254 g/mol. The van der Waals surface area contributed by atoms with Crippen LogP contribution in [-0.4, -0.2) is 76.2 Å². The SMILES string of the molecule is COCCN(CCCN(C)C)C(=O)CCC1CCNC1. The third kappa shape index (κ3) is 7.22. The van der Waals surface area contributed by atoms with Crippen molar-refractivity contribution in [2.24, 2.45) is 5.92 Å². The molecule has 0 aromatic heterocycles. The fourth-order valence-electron chi connectivity index (χ4n) is 2.59. The smallest absolute Gasteiger partial charge is 0.222 e. The second-order valence-corrected chi connectivity index (χ2v) is 5.93. The highest BCUT2D eigenvalue weighted by Gasteiger charge is 2.18. The lowest BCUT2D eigenvalue weighted by Crippen LogP contribution is -2.36. The van der Waals surface area contributed by atoms with E-state index >= 15 is 0 Å². The fourth-order valence-corrected chi connectivity index (χ4v) is 2.59. The molecular formula is C15H31N3O2. The minimum Gasteiger partial charge on any atom is -0.383 e. The van der Waals surface area contributed by atoms with Gasteiger partial charge in [-0.2, -0.15) is 0 Å². The molecule has 1 amide bonds. The van der Waals surface area contributed by atoms with E-state index in [1.54, 1.807) is 7.11 Å². The number of methoxy groups -OCH3 is 1. The largest absolute Gasteiger partial charge is 0.383 e. The summed E-state index contributed by atoms with van der Waals surface area (Å²) >= 11 is 0. The summed E-state index contributed by atoms with van der Waals surface area (Å²) in [6.07, 6.45) is 3.93. The molecule has 0 bridgehead atoms. The Labute approximate surface area is 123 Å². The Hall–Kier alpha value is -0.650. The Morgan fingerprint density at radius 1 is 1.30 bits per heavy atom. The van der Waals surface area contributed by atoms with Crippen molar-refractivity contribution in [3.8, 4) is 0 Å². The van der Waals surface area contributed by atoms with Crippen LogP contribution in [0.2, 0.25) is 0 Å². The van der Waals surface area contributed by atoms with Crippen molar-refractivity contribution < 1.29 is 9.53 Å². The lowest BCUT2D eigenvalue weighted by Gasteiger charge is -2.24. The van der Waals surface area contributed by atoms with Crippen LogP contribution in [0.15, 0.2) is 0 Å². The number of ether oxygens (including phenoxy) is 1. The predicted octanol–water partition coefficient (Wildman–Crippen LogP) is 0.803. The van der Waals surface area contributed by atoms with Gasteiger partial charge in [-0.1, -0.05) is 0 Å². The minimum absolute atomic E-state index is 0.285. The fraction of sp³-hybridized carbons (Fsp3) is 0.933. The van der Waals surface area contributed by atoms with E-state index in [2.05, 4.69) is 24.3 Å². The number of amides is 1. The number of carbonyl (C=O) groups excluding carboxylic acids is 1. The van der Waals surface area contributed by atoms with E-state index in [1.165, 1.54) is 6.42 Å². The van der Waals surface area contributed by atoms with Crippen molar-refractivity contribution in [3.63, 3.8) is 0 Å². The van der Waals surface area contributed by atoms with Crippen molar-refractivity contribution in [3.05, 3.63) is 0 Å². The van der Waals surface area contributed by atoms with Gasteiger partial charge in [0.2, 0.25) is 5.91 Å².